The number of rotatable bonds is 3. The lowest BCUT2D eigenvalue weighted by Gasteiger charge is -2.05. The Labute approximate surface area is 132 Å². The number of carbonyl (C=O) groups is 1. The molecule has 0 amide bonds. The van der Waals surface area contributed by atoms with Crippen molar-refractivity contribution in [2.75, 3.05) is 0 Å². The molecule has 1 heterocycles. The summed E-state index contributed by atoms with van der Waals surface area (Å²) in [5.41, 5.74) is 0.316. The molecule has 5 heteroatoms. The second kappa shape index (κ2) is 5.66. The van der Waals surface area contributed by atoms with Crippen molar-refractivity contribution in [1.82, 2.24) is 0 Å². The van der Waals surface area contributed by atoms with E-state index in [0.29, 0.717) is 0 Å². The van der Waals surface area contributed by atoms with Crippen molar-refractivity contribution in [2.45, 2.75) is 6.42 Å². The van der Waals surface area contributed by atoms with Gasteiger partial charge >= 0.3 is 0 Å². The maximum absolute atomic E-state index is 13.8. The van der Waals surface area contributed by atoms with Gasteiger partial charge in [0.25, 0.3) is 0 Å². The van der Waals surface area contributed by atoms with Gasteiger partial charge in [0, 0.05) is 15.6 Å². The molecule has 1 nitrogen and oxygen atoms in total. The van der Waals surface area contributed by atoms with E-state index in [4.69, 9.17) is 0 Å². The lowest BCUT2D eigenvalue weighted by Crippen LogP contribution is -2.09. The molecule has 0 saturated carbocycles. The summed E-state index contributed by atoms with van der Waals surface area (Å²) >= 11 is 4.51. The van der Waals surface area contributed by atoms with E-state index in [9.17, 15) is 13.6 Å². The standard InChI is InChI=1S/C16H9BrF2OS/c17-10-6-12(18)16(13(19)7-10)14(20)5-9-8-21-15-4-2-1-3-11(9)15/h1-4,6-8H,5H2. The summed E-state index contributed by atoms with van der Waals surface area (Å²) in [5.74, 6) is -2.24. The molecule has 21 heavy (non-hydrogen) atoms. The van der Waals surface area contributed by atoms with E-state index >= 15 is 0 Å². The highest BCUT2D eigenvalue weighted by molar-refractivity contribution is 9.10. The van der Waals surface area contributed by atoms with Gasteiger partial charge in [-0.15, -0.1) is 11.3 Å². The van der Waals surface area contributed by atoms with Crippen molar-refractivity contribution < 1.29 is 13.6 Å². The summed E-state index contributed by atoms with van der Waals surface area (Å²) < 4.78 is 29.0. The first-order valence-electron chi connectivity index (χ1n) is 6.19. The zero-order valence-electron chi connectivity index (χ0n) is 10.7. The van der Waals surface area contributed by atoms with Gasteiger partial charge in [0.05, 0.1) is 5.56 Å². The Balaban J connectivity index is 1.97. The van der Waals surface area contributed by atoms with Crippen LogP contribution in [0.3, 0.4) is 0 Å². The van der Waals surface area contributed by atoms with Crippen molar-refractivity contribution in [3.63, 3.8) is 0 Å². The van der Waals surface area contributed by atoms with Crippen molar-refractivity contribution in [1.29, 1.82) is 0 Å². The molecule has 3 rings (SSSR count). The van der Waals surface area contributed by atoms with Crippen molar-refractivity contribution in [3.8, 4) is 0 Å². The quantitative estimate of drug-likeness (QED) is 0.569. The van der Waals surface area contributed by atoms with Gasteiger partial charge in [0.2, 0.25) is 0 Å². The SMILES string of the molecule is O=C(Cc1csc2ccccc12)c1c(F)cc(Br)cc1F. The average Bonchev–Trinajstić information content (AvgIpc) is 2.81. The van der Waals surface area contributed by atoms with Crippen LogP contribution >= 0.6 is 27.3 Å². The first kappa shape index (κ1) is 14.4. The maximum Gasteiger partial charge on any atom is 0.173 e. The lowest BCUT2D eigenvalue weighted by atomic mass is 10.0. The summed E-state index contributed by atoms with van der Waals surface area (Å²) in [7, 11) is 0. The molecule has 3 aromatic rings. The Hall–Kier alpha value is -1.59. The molecule has 0 aliphatic carbocycles. The number of hydrogen-bond donors (Lipinski definition) is 0. The van der Waals surface area contributed by atoms with E-state index in [1.165, 1.54) is 11.3 Å². The largest absolute Gasteiger partial charge is 0.294 e. The van der Waals surface area contributed by atoms with Crippen molar-refractivity contribution in [3.05, 3.63) is 69.0 Å². The third-order valence-corrected chi connectivity index (χ3v) is 4.67. The minimum Gasteiger partial charge on any atom is -0.294 e. The number of hydrogen-bond acceptors (Lipinski definition) is 2. The van der Waals surface area contributed by atoms with Crippen LogP contribution in [0.15, 0.2) is 46.3 Å². The highest BCUT2D eigenvalue weighted by atomic mass is 79.9. The molecule has 2 aromatic carbocycles. The van der Waals surface area contributed by atoms with Gasteiger partial charge in [0.15, 0.2) is 5.78 Å². The van der Waals surface area contributed by atoms with Crippen LogP contribution in [0.5, 0.6) is 0 Å². The fourth-order valence-corrected chi connectivity index (χ4v) is 3.60. The smallest absolute Gasteiger partial charge is 0.173 e. The number of fused-ring (bicyclic) bond motifs is 1. The number of carbonyl (C=O) groups excluding carboxylic acids is 1. The molecule has 0 fully saturated rings. The Morgan fingerprint density at radius 1 is 1.14 bits per heavy atom. The summed E-state index contributed by atoms with van der Waals surface area (Å²) in [4.78, 5) is 12.2. The van der Waals surface area contributed by atoms with Crippen LogP contribution in [0, 0.1) is 11.6 Å². The predicted octanol–water partition coefficient (Wildman–Crippen LogP) is 5.37. The summed E-state index contributed by atoms with van der Waals surface area (Å²) in [5, 5.41) is 2.81. The van der Waals surface area contributed by atoms with Gasteiger partial charge in [-0.1, -0.05) is 34.1 Å². The van der Waals surface area contributed by atoms with Crippen LogP contribution in [0.25, 0.3) is 10.1 Å². The van der Waals surface area contributed by atoms with E-state index in [1.54, 1.807) is 0 Å². The minimum absolute atomic E-state index is 0.0144. The number of ketones is 1. The topological polar surface area (TPSA) is 17.1 Å². The van der Waals surface area contributed by atoms with Crippen molar-refractivity contribution >= 4 is 43.1 Å². The van der Waals surface area contributed by atoms with E-state index in [2.05, 4.69) is 15.9 Å². The number of benzene rings is 2. The number of Topliss-reactive ketones (excluding diaryl/α,β-unsaturated/α-hetero) is 1. The molecule has 1 aromatic heterocycles. The van der Waals surface area contributed by atoms with E-state index in [-0.39, 0.29) is 10.9 Å². The highest BCUT2D eigenvalue weighted by Gasteiger charge is 2.19. The van der Waals surface area contributed by atoms with Gasteiger partial charge in [0.1, 0.15) is 11.6 Å². The van der Waals surface area contributed by atoms with Gasteiger partial charge < -0.3 is 0 Å². The second-order valence-corrected chi connectivity index (χ2v) is 6.43. The Kier molecular flexibility index (Phi) is 3.87. The van der Waals surface area contributed by atoms with Gasteiger partial charge in [-0.05, 0) is 34.5 Å². The first-order valence-corrected chi connectivity index (χ1v) is 7.86. The summed E-state index contributed by atoms with van der Waals surface area (Å²) in [6.45, 7) is 0. The summed E-state index contributed by atoms with van der Waals surface area (Å²) in [6.07, 6.45) is -0.0144. The van der Waals surface area contributed by atoms with Crippen LogP contribution in [0.4, 0.5) is 8.78 Å². The zero-order valence-corrected chi connectivity index (χ0v) is 13.1. The molecule has 0 aliphatic rings. The average molecular weight is 367 g/mol. The molecule has 0 bridgehead atoms. The fraction of sp³-hybridized carbons (Fsp3) is 0.0625. The van der Waals surface area contributed by atoms with Crippen LogP contribution in [0.1, 0.15) is 15.9 Å². The molecule has 0 saturated heterocycles. The second-order valence-electron chi connectivity index (χ2n) is 4.60. The third kappa shape index (κ3) is 2.76. The molecular weight excluding hydrogens is 358 g/mol. The van der Waals surface area contributed by atoms with E-state index < -0.39 is 23.0 Å². The summed E-state index contributed by atoms with van der Waals surface area (Å²) in [6, 6.07) is 9.85. The van der Waals surface area contributed by atoms with Crippen LogP contribution in [-0.2, 0) is 6.42 Å². The lowest BCUT2D eigenvalue weighted by molar-refractivity contribution is 0.0985. The number of thiophene rings is 1. The van der Waals surface area contributed by atoms with Crippen LogP contribution in [-0.4, -0.2) is 5.78 Å². The number of halogens is 3. The minimum atomic E-state index is -0.841. The predicted molar refractivity (Wildman–Crippen MR) is 83.9 cm³/mol. The Bertz CT molecular complexity index is 818. The van der Waals surface area contributed by atoms with E-state index in [1.807, 2.05) is 29.6 Å². The Morgan fingerprint density at radius 2 is 1.81 bits per heavy atom. The molecule has 0 radical (unpaired) electrons. The fourth-order valence-electron chi connectivity index (χ4n) is 2.24. The first-order chi connectivity index (χ1) is 10.1. The highest BCUT2D eigenvalue weighted by Crippen LogP contribution is 2.28. The molecule has 106 valence electrons. The molecule has 0 unspecified atom stereocenters. The molecule has 0 N–H and O–H groups in total. The normalized spacial score (nSPS) is 11.0. The van der Waals surface area contributed by atoms with Crippen LogP contribution < -0.4 is 0 Å². The maximum atomic E-state index is 13.8. The van der Waals surface area contributed by atoms with E-state index in [0.717, 1.165) is 27.8 Å². The Morgan fingerprint density at radius 3 is 2.52 bits per heavy atom. The molecule has 0 aliphatic heterocycles. The molecule has 0 spiro atoms. The van der Waals surface area contributed by atoms with Gasteiger partial charge in [-0.2, -0.15) is 0 Å². The zero-order chi connectivity index (χ0) is 15.0. The van der Waals surface area contributed by atoms with Gasteiger partial charge in [-0.3, -0.25) is 4.79 Å². The van der Waals surface area contributed by atoms with Crippen LogP contribution in [0.2, 0.25) is 0 Å². The molecule has 0 atom stereocenters. The van der Waals surface area contributed by atoms with Crippen molar-refractivity contribution in [2.24, 2.45) is 0 Å². The molecular formula is C16H9BrF2OS. The third-order valence-electron chi connectivity index (χ3n) is 3.20. The van der Waals surface area contributed by atoms with Gasteiger partial charge in [-0.25, -0.2) is 8.78 Å². The monoisotopic (exact) mass is 366 g/mol.